The van der Waals surface area contributed by atoms with E-state index in [1.165, 1.54) is 31.4 Å². The van der Waals surface area contributed by atoms with Crippen molar-refractivity contribution in [2.24, 2.45) is 0 Å². The zero-order valence-electron chi connectivity index (χ0n) is 9.91. The van der Waals surface area contributed by atoms with Gasteiger partial charge in [-0.1, -0.05) is 17.7 Å². The lowest BCUT2D eigenvalue weighted by Gasteiger charge is -2.08. The summed E-state index contributed by atoms with van der Waals surface area (Å²) in [5.74, 6) is -0.631. The molecule has 0 aliphatic carbocycles. The zero-order chi connectivity index (χ0) is 14.0. The first-order valence-corrected chi connectivity index (χ1v) is 6.54. The van der Waals surface area contributed by atoms with Crippen LogP contribution in [-0.4, -0.2) is 12.9 Å². The second-order valence-corrected chi connectivity index (χ2v) is 5.04. The van der Waals surface area contributed by atoms with Crippen molar-refractivity contribution < 1.29 is 13.9 Å². The lowest BCUT2D eigenvalue weighted by atomic mass is 10.0. The van der Waals surface area contributed by atoms with Gasteiger partial charge >= 0.3 is 0 Å². The van der Waals surface area contributed by atoms with Gasteiger partial charge in [0.25, 0.3) is 0 Å². The van der Waals surface area contributed by atoms with Crippen LogP contribution in [-0.2, 0) is 0 Å². The number of carbonyl (C=O) groups is 1. The highest BCUT2D eigenvalue weighted by Crippen LogP contribution is 2.28. The number of benzene rings is 2. The van der Waals surface area contributed by atoms with Crippen molar-refractivity contribution >= 4 is 33.3 Å². The van der Waals surface area contributed by atoms with Crippen molar-refractivity contribution in [2.75, 3.05) is 7.11 Å². The molecule has 0 heterocycles. The number of methoxy groups -OCH3 is 1. The van der Waals surface area contributed by atoms with E-state index in [0.29, 0.717) is 20.8 Å². The summed E-state index contributed by atoms with van der Waals surface area (Å²) in [6.45, 7) is 0. The fourth-order valence-electron chi connectivity index (χ4n) is 1.66. The average Bonchev–Trinajstić information content (AvgIpc) is 2.39. The monoisotopic (exact) mass is 342 g/mol. The fourth-order valence-corrected chi connectivity index (χ4v) is 2.38. The molecule has 0 fully saturated rings. The molecule has 0 aliphatic rings. The highest BCUT2D eigenvalue weighted by molar-refractivity contribution is 9.10. The molecular formula is C14H9BrClFO2. The molecule has 2 aromatic rings. The second-order valence-electron chi connectivity index (χ2n) is 3.78. The Balaban J connectivity index is 2.50. The van der Waals surface area contributed by atoms with Crippen LogP contribution in [0.1, 0.15) is 15.9 Å². The van der Waals surface area contributed by atoms with Crippen molar-refractivity contribution in [3.63, 3.8) is 0 Å². The molecule has 0 radical (unpaired) electrons. The maximum Gasteiger partial charge on any atom is 0.197 e. The van der Waals surface area contributed by atoms with Crippen molar-refractivity contribution in [3.8, 4) is 5.75 Å². The maximum absolute atomic E-state index is 13.7. The van der Waals surface area contributed by atoms with Crippen LogP contribution in [0, 0.1) is 5.82 Å². The van der Waals surface area contributed by atoms with Gasteiger partial charge in [-0.15, -0.1) is 0 Å². The summed E-state index contributed by atoms with van der Waals surface area (Å²) in [5.41, 5.74) is 0.305. The van der Waals surface area contributed by atoms with Gasteiger partial charge in [0.2, 0.25) is 0 Å². The van der Waals surface area contributed by atoms with E-state index < -0.39 is 11.6 Å². The SMILES string of the molecule is COc1cc(C(=O)c2c(F)cccc2Br)ccc1Cl. The fraction of sp³-hybridized carbons (Fsp3) is 0.0714. The molecule has 5 heteroatoms. The Morgan fingerprint density at radius 3 is 2.68 bits per heavy atom. The maximum atomic E-state index is 13.7. The zero-order valence-corrected chi connectivity index (χ0v) is 12.3. The van der Waals surface area contributed by atoms with Crippen molar-refractivity contribution in [2.45, 2.75) is 0 Å². The Bertz CT molecular complexity index is 623. The molecule has 0 N–H and O–H groups in total. The van der Waals surface area contributed by atoms with Gasteiger partial charge in [-0.3, -0.25) is 4.79 Å². The van der Waals surface area contributed by atoms with Gasteiger partial charge in [0, 0.05) is 10.0 Å². The summed E-state index contributed by atoms with van der Waals surface area (Å²) in [5, 5.41) is 0.395. The summed E-state index contributed by atoms with van der Waals surface area (Å²) in [4.78, 5) is 12.3. The molecule has 0 atom stereocenters. The number of halogens is 3. The van der Waals surface area contributed by atoms with Crippen molar-refractivity contribution in [3.05, 3.63) is 62.8 Å². The molecule has 0 saturated heterocycles. The van der Waals surface area contributed by atoms with Gasteiger partial charge in [-0.25, -0.2) is 4.39 Å². The van der Waals surface area contributed by atoms with E-state index in [4.69, 9.17) is 16.3 Å². The predicted octanol–water partition coefficient (Wildman–Crippen LogP) is 4.48. The smallest absolute Gasteiger partial charge is 0.197 e. The molecule has 0 unspecified atom stereocenters. The molecule has 2 aromatic carbocycles. The summed E-state index contributed by atoms with van der Waals surface area (Å²) >= 11 is 9.07. The highest BCUT2D eigenvalue weighted by atomic mass is 79.9. The molecule has 0 amide bonds. The number of hydrogen-bond acceptors (Lipinski definition) is 2. The van der Waals surface area contributed by atoms with E-state index in [0.717, 1.165) is 0 Å². The van der Waals surface area contributed by atoms with Crippen molar-refractivity contribution in [1.29, 1.82) is 0 Å². The van der Waals surface area contributed by atoms with E-state index in [2.05, 4.69) is 15.9 Å². The minimum atomic E-state index is -0.576. The summed E-state index contributed by atoms with van der Waals surface area (Å²) in [7, 11) is 1.45. The van der Waals surface area contributed by atoms with Crippen LogP contribution in [0.3, 0.4) is 0 Å². The van der Waals surface area contributed by atoms with Crippen LogP contribution in [0.2, 0.25) is 5.02 Å². The third kappa shape index (κ3) is 2.80. The van der Waals surface area contributed by atoms with Crippen LogP contribution < -0.4 is 4.74 Å². The molecule has 0 saturated carbocycles. The van der Waals surface area contributed by atoms with Crippen molar-refractivity contribution in [1.82, 2.24) is 0 Å². The molecular weight excluding hydrogens is 335 g/mol. The van der Waals surface area contributed by atoms with Gasteiger partial charge in [0.1, 0.15) is 11.6 Å². The minimum absolute atomic E-state index is 0.00752. The molecule has 2 nitrogen and oxygen atoms in total. The number of hydrogen-bond donors (Lipinski definition) is 0. The summed E-state index contributed by atoms with van der Waals surface area (Å²) in [6.07, 6.45) is 0. The molecule has 2 rings (SSSR count). The van der Waals surface area contributed by atoms with Gasteiger partial charge in [-0.05, 0) is 46.3 Å². The van der Waals surface area contributed by atoms with E-state index in [1.807, 2.05) is 0 Å². The van der Waals surface area contributed by atoms with E-state index in [9.17, 15) is 9.18 Å². The third-order valence-corrected chi connectivity index (χ3v) is 3.58. The quantitative estimate of drug-likeness (QED) is 0.768. The largest absolute Gasteiger partial charge is 0.495 e. The Kier molecular flexibility index (Phi) is 4.22. The number of ether oxygens (including phenoxy) is 1. The molecule has 0 spiro atoms. The van der Waals surface area contributed by atoms with Gasteiger partial charge in [0.15, 0.2) is 5.78 Å². The average molecular weight is 344 g/mol. The molecule has 0 bridgehead atoms. The Morgan fingerprint density at radius 2 is 2.05 bits per heavy atom. The number of rotatable bonds is 3. The van der Waals surface area contributed by atoms with Crippen LogP contribution in [0.15, 0.2) is 40.9 Å². The first kappa shape index (κ1) is 14.0. The normalized spacial score (nSPS) is 10.3. The number of ketones is 1. The molecule has 0 aromatic heterocycles. The summed E-state index contributed by atoms with van der Waals surface area (Å²) < 4.78 is 19.2. The van der Waals surface area contributed by atoms with Crippen LogP contribution in [0.4, 0.5) is 4.39 Å². The molecule has 19 heavy (non-hydrogen) atoms. The van der Waals surface area contributed by atoms with E-state index in [1.54, 1.807) is 12.1 Å². The molecule has 98 valence electrons. The van der Waals surface area contributed by atoms with Gasteiger partial charge in [0.05, 0.1) is 17.7 Å². The van der Waals surface area contributed by atoms with Crippen LogP contribution in [0.5, 0.6) is 5.75 Å². The number of carbonyl (C=O) groups excluding carboxylic acids is 1. The molecule has 0 aliphatic heterocycles. The Hall–Kier alpha value is -1.39. The lowest BCUT2D eigenvalue weighted by molar-refractivity contribution is 0.103. The summed E-state index contributed by atoms with van der Waals surface area (Å²) in [6, 6.07) is 8.95. The highest BCUT2D eigenvalue weighted by Gasteiger charge is 2.18. The van der Waals surface area contributed by atoms with E-state index >= 15 is 0 Å². The van der Waals surface area contributed by atoms with Gasteiger partial charge in [-0.2, -0.15) is 0 Å². The predicted molar refractivity (Wildman–Crippen MR) is 75.5 cm³/mol. The van der Waals surface area contributed by atoms with Crippen LogP contribution in [0.25, 0.3) is 0 Å². The first-order valence-electron chi connectivity index (χ1n) is 5.37. The Labute approximate surface area is 123 Å². The third-order valence-electron chi connectivity index (χ3n) is 2.60. The van der Waals surface area contributed by atoms with Crippen LogP contribution >= 0.6 is 27.5 Å². The van der Waals surface area contributed by atoms with E-state index in [-0.39, 0.29) is 5.56 Å². The first-order chi connectivity index (χ1) is 9.04. The Morgan fingerprint density at radius 1 is 1.32 bits per heavy atom. The minimum Gasteiger partial charge on any atom is -0.495 e. The standard InChI is InChI=1S/C14H9BrClFO2/c1-19-12-7-8(5-6-10(12)16)14(18)13-9(15)3-2-4-11(13)17/h2-7H,1H3. The second kappa shape index (κ2) is 5.72. The lowest BCUT2D eigenvalue weighted by Crippen LogP contribution is -2.05. The topological polar surface area (TPSA) is 26.3 Å². The van der Waals surface area contributed by atoms with Gasteiger partial charge < -0.3 is 4.74 Å².